The number of H-pyrrole nitrogens is 1. The van der Waals surface area contributed by atoms with Crippen LogP contribution in [0, 0.1) is 0 Å². The van der Waals surface area contributed by atoms with Crippen LogP contribution in [0.3, 0.4) is 0 Å². The van der Waals surface area contributed by atoms with E-state index in [1.807, 2.05) is 6.20 Å². The molecule has 0 aliphatic rings. The fraction of sp³-hybridized carbons (Fsp3) is 0.500. The molecule has 15 heavy (non-hydrogen) atoms. The first-order valence-electron chi connectivity index (χ1n) is 5.43. The van der Waals surface area contributed by atoms with Gasteiger partial charge in [0.05, 0.1) is 17.4 Å². The first kappa shape index (κ1) is 10.1. The minimum absolute atomic E-state index is 0.423. The van der Waals surface area contributed by atoms with Gasteiger partial charge in [0, 0.05) is 11.1 Å². The zero-order chi connectivity index (χ0) is 11.0. The van der Waals surface area contributed by atoms with E-state index in [1.54, 1.807) is 0 Å². The molecule has 0 bridgehead atoms. The molecule has 1 N–H and O–H groups in total. The molecule has 3 heteroatoms. The SMILES string of the molecule is CC(C)c1cc2cn[nH]c2c(C(C)C)n1. The average molecular weight is 203 g/mol. The minimum Gasteiger partial charge on any atom is -0.276 e. The molecule has 0 aliphatic heterocycles. The maximum Gasteiger partial charge on any atom is 0.0868 e. The van der Waals surface area contributed by atoms with Crippen molar-refractivity contribution >= 4 is 10.9 Å². The first-order valence-corrected chi connectivity index (χ1v) is 5.43. The van der Waals surface area contributed by atoms with Gasteiger partial charge < -0.3 is 0 Å². The summed E-state index contributed by atoms with van der Waals surface area (Å²) in [5, 5.41) is 8.27. The van der Waals surface area contributed by atoms with Crippen molar-refractivity contribution in [3.8, 4) is 0 Å². The minimum atomic E-state index is 0.423. The molecule has 0 aromatic carbocycles. The molecule has 2 rings (SSSR count). The van der Waals surface area contributed by atoms with Crippen LogP contribution in [0.25, 0.3) is 10.9 Å². The molecular formula is C12H17N3. The van der Waals surface area contributed by atoms with E-state index < -0.39 is 0 Å². The van der Waals surface area contributed by atoms with E-state index in [9.17, 15) is 0 Å². The van der Waals surface area contributed by atoms with Crippen molar-refractivity contribution in [2.45, 2.75) is 39.5 Å². The third-order valence-electron chi connectivity index (χ3n) is 2.62. The summed E-state index contributed by atoms with van der Waals surface area (Å²) in [6.45, 7) is 8.65. The predicted octanol–water partition coefficient (Wildman–Crippen LogP) is 3.20. The number of rotatable bonds is 2. The molecule has 2 aromatic rings. The number of aromatic nitrogens is 3. The van der Waals surface area contributed by atoms with E-state index in [4.69, 9.17) is 4.98 Å². The van der Waals surface area contributed by atoms with Crippen molar-refractivity contribution in [1.82, 2.24) is 15.2 Å². The number of hydrogen-bond donors (Lipinski definition) is 1. The van der Waals surface area contributed by atoms with Crippen LogP contribution in [-0.4, -0.2) is 15.2 Å². The lowest BCUT2D eigenvalue weighted by Gasteiger charge is -2.10. The molecule has 0 saturated carbocycles. The second kappa shape index (κ2) is 3.65. The number of nitrogens with one attached hydrogen (secondary N) is 1. The lowest BCUT2D eigenvalue weighted by atomic mass is 10.0. The van der Waals surface area contributed by atoms with Gasteiger partial charge in [0.1, 0.15) is 0 Å². The van der Waals surface area contributed by atoms with E-state index in [0.717, 1.165) is 22.3 Å². The van der Waals surface area contributed by atoms with E-state index in [1.165, 1.54) is 0 Å². The average Bonchev–Trinajstić information content (AvgIpc) is 2.62. The van der Waals surface area contributed by atoms with Crippen LogP contribution in [0.15, 0.2) is 12.3 Å². The predicted molar refractivity (Wildman–Crippen MR) is 62.1 cm³/mol. The summed E-state index contributed by atoms with van der Waals surface area (Å²) in [4.78, 5) is 4.70. The molecule has 3 nitrogen and oxygen atoms in total. The summed E-state index contributed by atoms with van der Waals surface area (Å²) < 4.78 is 0. The van der Waals surface area contributed by atoms with Crippen molar-refractivity contribution in [3.63, 3.8) is 0 Å². The van der Waals surface area contributed by atoms with Gasteiger partial charge in [0.2, 0.25) is 0 Å². The Morgan fingerprint density at radius 2 is 1.87 bits per heavy atom. The summed E-state index contributed by atoms with van der Waals surface area (Å²) in [6, 6.07) is 2.12. The van der Waals surface area contributed by atoms with E-state index in [-0.39, 0.29) is 0 Å². The Bertz CT molecular complexity index is 469. The van der Waals surface area contributed by atoms with Gasteiger partial charge >= 0.3 is 0 Å². The van der Waals surface area contributed by atoms with Crippen LogP contribution in [0.2, 0.25) is 0 Å². The van der Waals surface area contributed by atoms with Crippen molar-refractivity contribution in [1.29, 1.82) is 0 Å². The highest BCUT2D eigenvalue weighted by atomic mass is 15.1. The normalized spacial score (nSPS) is 11.9. The molecule has 2 aromatic heterocycles. The Kier molecular flexibility index (Phi) is 2.47. The molecule has 0 fully saturated rings. The van der Waals surface area contributed by atoms with Gasteiger partial charge in [0.15, 0.2) is 0 Å². The van der Waals surface area contributed by atoms with E-state index in [2.05, 4.69) is 44.0 Å². The molecule has 0 atom stereocenters. The second-order valence-electron chi connectivity index (χ2n) is 4.58. The Morgan fingerprint density at radius 3 is 2.47 bits per heavy atom. The number of nitrogens with zero attached hydrogens (tertiary/aromatic N) is 2. The fourth-order valence-corrected chi connectivity index (χ4v) is 1.71. The van der Waals surface area contributed by atoms with Crippen LogP contribution < -0.4 is 0 Å². The van der Waals surface area contributed by atoms with Crippen LogP contribution >= 0.6 is 0 Å². The first-order chi connectivity index (χ1) is 7.09. The summed E-state index contributed by atoms with van der Waals surface area (Å²) >= 11 is 0. The number of aromatic amines is 1. The van der Waals surface area contributed by atoms with Crippen LogP contribution in [0.1, 0.15) is 50.9 Å². The van der Waals surface area contributed by atoms with Gasteiger partial charge in [-0.05, 0) is 17.9 Å². The van der Waals surface area contributed by atoms with Crippen LogP contribution in [0.5, 0.6) is 0 Å². The summed E-state index contributed by atoms with van der Waals surface area (Å²) in [7, 11) is 0. The summed E-state index contributed by atoms with van der Waals surface area (Å²) in [5.74, 6) is 0.883. The molecule has 0 saturated heterocycles. The Morgan fingerprint density at radius 1 is 1.13 bits per heavy atom. The largest absolute Gasteiger partial charge is 0.276 e. The Labute approximate surface area is 89.9 Å². The van der Waals surface area contributed by atoms with Gasteiger partial charge in [-0.1, -0.05) is 27.7 Å². The highest BCUT2D eigenvalue weighted by molar-refractivity contribution is 5.80. The molecule has 80 valence electrons. The molecular weight excluding hydrogens is 186 g/mol. The number of pyridine rings is 1. The number of fused-ring (bicyclic) bond motifs is 1. The molecule has 0 aliphatic carbocycles. The molecule has 0 spiro atoms. The lowest BCUT2D eigenvalue weighted by molar-refractivity contribution is 0.772. The molecule has 0 radical (unpaired) electrons. The van der Waals surface area contributed by atoms with Crippen molar-refractivity contribution in [2.75, 3.05) is 0 Å². The van der Waals surface area contributed by atoms with Crippen molar-refractivity contribution in [2.24, 2.45) is 0 Å². The highest BCUT2D eigenvalue weighted by Crippen LogP contribution is 2.25. The van der Waals surface area contributed by atoms with Gasteiger partial charge in [-0.3, -0.25) is 10.1 Å². The second-order valence-corrected chi connectivity index (χ2v) is 4.58. The Balaban J connectivity index is 2.69. The van der Waals surface area contributed by atoms with Crippen molar-refractivity contribution in [3.05, 3.63) is 23.7 Å². The third kappa shape index (κ3) is 1.74. The zero-order valence-electron chi connectivity index (χ0n) is 9.70. The summed E-state index contributed by atoms with van der Waals surface area (Å²) in [6.07, 6.45) is 1.87. The highest BCUT2D eigenvalue weighted by Gasteiger charge is 2.12. The Hall–Kier alpha value is -1.38. The van der Waals surface area contributed by atoms with Gasteiger partial charge in [-0.25, -0.2) is 0 Å². The van der Waals surface area contributed by atoms with Gasteiger partial charge in [-0.15, -0.1) is 0 Å². The smallest absolute Gasteiger partial charge is 0.0868 e. The lowest BCUT2D eigenvalue weighted by Crippen LogP contribution is -2.00. The molecule has 2 heterocycles. The van der Waals surface area contributed by atoms with Crippen LogP contribution in [-0.2, 0) is 0 Å². The van der Waals surface area contributed by atoms with Crippen molar-refractivity contribution < 1.29 is 0 Å². The zero-order valence-corrected chi connectivity index (χ0v) is 9.70. The monoisotopic (exact) mass is 203 g/mol. The van der Waals surface area contributed by atoms with E-state index in [0.29, 0.717) is 11.8 Å². The maximum absolute atomic E-state index is 4.70. The van der Waals surface area contributed by atoms with E-state index >= 15 is 0 Å². The van der Waals surface area contributed by atoms with Crippen LogP contribution in [0.4, 0.5) is 0 Å². The topological polar surface area (TPSA) is 41.6 Å². The summed E-state index contributed by atoms with van der Waals surface area (Å²) in [5.41, 5.74) is 3.34. The van der Waals surface area contributed by atoms with Gasteiger partial charge in [0.25, 0.3) is 0 Å². The van der Waals surface area contributed by atoms with Gasteiger partial charge in [-0.2, -0.15) is 5.10 Å². The maximum atomic E-state index is 4.70. The molecule has 0 unspecified atom stereocenters. The quantitative estimate of drug-likeness (QED) is 0.814. The standard InChI is InChI=1S/C12H17N3/c1-7(2)10-5-9-6-13-15-12(9)11(14-10)8(3)4/h5-8H,1-4H3,(H,13,15). The number of hydrogen-bond acceptors (Lipinski definition) is 2. The molecule has 0 amide bonds. The third-order valence-corrected chi connectivity index (χ3v) is 2.62. The fourth-order valence-electron chi connectivity index (χ4n) is 1.71.